The number of fused-ring (bicyclic) bond motifs is 1. The van der Waals surface area contributed by atoms with Crippen LogP contribution in [0.4, 0.5) is 0 Å². The second-order valence-corrected chi connectivity index (χ2v) is 6.05. The molecule has 1 fully saturated rings. The third kappa shape index (κ3) is 3.02. The molecule has 1 aliphatic heterocycles. The van der Waals surface area contributed by atoms with E-state index >= 15 is 0 Å². The molecule has 1 aromatic rings. The minimum atomic E-state index is -0.0635. The number of nitrogens with zero attached hydrogens (tertiary/aromatic N) is 1. The number of hydrogen-bond acceptors (Lipinski definition) is 3. The number of aromatic nitrogens is 1. The number of H-pyrrole nitrogens is 1. The van der Waals surface area contributed by atoms with Crippen LogP contribution in [-0.4, -0.2) is 35.5 Å². The van der Waals surface area contributed by atoms with Crippen LogP contribution in [0, 0.1) is 5.92 Å². The SMILES string of the molecule is COC1CCC(C(=O)N2CCc3[nH]c(=O)ccc3C2)CC1. The molecule has 114 valence electrons. The van der Waals surface area contributed by atoms with Crippen molar-refractivity contribution in [1.29, 1.82) is 0 Å². The largest absolute Gasteiger partial charge is 0.381 e. The van der Waals surface area contributed by atoms with Crippen molar-refractivity contribution in [3.63, 3.8) is 0 Å². The van der Waals surface area contributed by atoms with Gasteiger partial charge in [-0.15, -0.1) is 0 Å². The van der Waals surface area contributed by atoms with Crippen molar-refractivity contribution in [3.05, 3.63) is 33.7 Å². The number of ether oxygens (including phenoxy) is 1. The molecule has 1 saturated carbocycles. The Labute approximate surface area is 124 Å². The highest BCUT2D eigenvalue weighted by Gasteiger charge is 2.31. The van der Waals surface area contributed by atoms with Gasteiger partial charge in [0.2, 0.25) is 11.5 Å². The highest BCUT2D eigenvalue weighted by molar-refractivity contribution is 5.79. The van der Waals surface area contributed by atoms with Gasteiger partial charge in [-0.2, -0.15) is 0 Å². The summed E-state index contributed by atoms with van der Waals surface area (Å²) in [6.07, 6.45) is 4.86. The highest BCUT2D eigenvalue weighted by Crippen LogP contribution is 2.28. The average molecular weight is 290 g/mol. The van der Waals surface area contributed by atoms with Crippen molar-refractivity contribution in [3.8, 4) is 0 Å². The molecule has 0 unspecified atom stereocenters. The second-order valence-electron chi connectivity index (χ2n) is 6.05. The summed E-state index contributed by atoms with van der Waals surface area (Å²) in [6, 6.07) is 3.38. The molecule has 0 bridgehead atoms. The Morgan fingerprint density at radius 3 is 2.76 bits per heavy atom. The lowest BCUT2D eigenvalue weighted by molar-refractivity contribution is -0.138. The number of rotatable bonds is 2. The van der Waals surface area contributed by atoms with Gasteiger partial charge in [-0.25, -0.2) is 0 Å². The molecule has 1 aliphatic carbocycles. The Bertz CT molecular complexity index is 573. The summed E-state index contributed by atoms with van der Waals surface area (Å²) in [7, 11) is 1.75. The van der Waals surface area contributed by atoms with E-state index in [-0.39, 0.29) is 17.4 Å². The van der Waals surface area contributed by atoms with Gasteiger partial charge in [-0.05, 0) is 31.2 Å². The van der Waals surface area contributed by atoms with E-state index in [1.54, 1.807) is 7.11 Å². The van der Waals surface area contributed by atoms with E-state index in [2.05, 4.69) is 4.98 Å². The molecule has 0 spiro atoms. The van der Waals surface area contributed by atoms with E-state index in [1.807, 2.05) is 11.0 Å². The molecule has 2 aliphatic rings. The topological polar surface area (TPSA) is 62.4 Å². The molecule has 1 amide bonds. The van der Waals surface area contributed by atoms with Crippen LogP contribution in [-0.2, 0) is 22.5 Å². The molecular weight excluding hydrogens is 268 g/mol. The Morgan fingerprint density at radius 1 is 1.29 bits per heavy atom. The van der Waals surface area contributed by atoms with E-state index in [4.69, 9.17) is 4.74 Å². The molecule has 0 saturated heterocycles. The van der Waals surface area contributed by atoms with Crippen LogP contribution in [0.3, 0.4) is 0 Å². The molecule has 0 aromatic carbocycles. The maximum Gasteiger partial charge on any atom is 0.248 e. The van der Waals surface area contributed by atoms with Gasteiger partial charge in [0.1, 0.15) is 0 Å². The number of pyridine rings is 1. The quantitative estimate of drug-likeness (QED) is 0.897. The van der Waals surface area contributed by atoms with Crippen LogP contribution < -0.4 is 5.56 Å². The van der Waals surface area contributed by atoms with E-state index in [9.17, 15) is 9.59 Å². The molecule has 5 heteroatoms. The second kappa shape index (κ2) is 6.02. The van der Waals surface area contributed by atoms with Crippen LogP contribution in [0.5, 0.6) is 0 Å². The van der Waals surface area contributed by atoms with Crippen molar-refractivity contribution >= 4 is 5.91 Å². The van der Waals surface area contributed by atoms with Gasteiger partial charge in [-0.1, -0.05) is 6.07 Å². The lowest BCUT2D eigenvalue weighted by Gasteiger charge is -2.34. The van der Waals surface area contributed by atoms with Crippen molar-refractivity contribution in [2.75, 3.05) is 13.7 Å². The predicted molar refractivity (Wildman–Crippen MR) is 78.9 cm³/mol. The molecule has 21 heavy (non-hydrogen) atoms. The van der Waals surface area contributed by atoms with Crippen LogP contribution in [0.15, 0.2) is 16.9 Å². The van der Waals surface area contributed by atoms with Crippen molar-refractivity contribution < 1.29 is 9.53 Å². The number of carbonyl (C=O) groups is 1. The number of hydrogen-bond donors (Lipinski definition) is 1. The highest BCUT2D eigenvalue weighted by atomic mass is 16.5. The fourth-order valence-corrected chi connectivity index (χ4v) is 3.44. The fourth-order valence-electron chi connectivity index (χ4n) is 3.44. The van der Waals surface area contributed by atoms with E-state index in [1.165, 1.54) is 6.07 Å². The first-order valence-electron chi connectivity index (χ1n) is 7.70. The van der Waals surface area contributed by atoms with Crippen LogP contribution in [0.2, 0.25) is 0 Å². The summed E-state index contributed by atoms with van der Waals surface area (Å²) in [5, 5.41) is 0. The van der Waals surface area contributed by atoms with E-state index in [0.717, 1.165) is 43.4 Å². The molecular formula is C16H22N2O3. The molecule has 0 radical (unpaired) electrons. The summed E-state index contributed by atoms with van der Waals surface area (Å²) in [5.74, 6) is 0.405. The molecule has 1 N–H and O–H groups in total. The zero-order valence-corrected chi connectivity index (χ0v) is 12.4. The smallest absolute Gasteiger partial charge is 0.248 e. The summed E-state index contributed by atoms with van der Waals surface area (Å²) in [6.45, 7) is 1.32. The Hall–Kier alpha value is -1.62. The summed E-state index contributed by atoms with van der Waals surface area (Å²) >= 11 is 0. The van der Waals surface area contributed by atoms with Gasteiger partial charge >= 0.3 is 0 Å². The van der Waals surface area contributed by atoms with Gasteiger partial charge in [0.05, 0.1) is 6.10 Å². The van der Waals surface area contributed by atoms with Gasteiger partial charge in [-0.3, -0.25) is 9.59 Å². The Balaban J connectivity index is 1.64. The summed E-state index contributed by atoms with van der Waals surface area (Å²) in [5.41, 5.74) is 1.99. The number of amides is 1. The van der Waals surface area contributed by atoms with Crippen molar-refractivity contribution in [1.82, 2.24) is 9.88 Å². The minimum Gasteiger partial charge on any atom is -0.381 e. The van der Waals surface area contributed by atoms with Gasteiger partial charge in [0.15, 0.2) is 0 Å². The third-order valence-electron chi connectivity index (χ3n) is 4.76. The average Bonchev–Trinajstić information content (AvgIpc) is 2.53. The lowest BCUT2D eigenvalue weighted by atomic mass is 9.86. The first-order valence-corrected chi connectivity index (χ1v) is 7.70. The zero-order valence-electron chi connectivity index (χ0n) is 12.4. The van der Waals surface area contributed by atoms with E-state index < -0.39 is 0 Å². The van der Waals surface area contributed by atoms with Crippen LogP contribution in [0.1, 0.15) is 36.9 Å². The summed E-state index contributed by atoms with van der Waals surface area (Å²) in [4.78, 5) is 28.8. The first-order chi connectivity index (χ1) is 10.2. The normalized spacial score (nSPS) is 25.5. The number of nitrogens with one attached hydrogen (secondary N) is 1. The minimum absolute atomic E-state index is 0.0635. The van der Waals surface area contributed by atoms with Gasteiger partial charge in [0, 0.05) is 44.3 Å². The maximum absolute atomic E-state index is 12.6. The van der Waals surface area contributed by atoms with Gasteiger partial charge in [0.25, 0.3) is 0 Å². The van der Waals surface area contributed by atoms with Gasteiger partial charge < -0.3 is 14.6 Å². The number of aromatic amines is 1. The molecule has 1 aromatic heterocycles. The number of carbonyl (C=O) groups excluding carboxylic acids is 1. The fraction of sp³-hybridized carbons (Fsp3) is 0.625. The zero-order chi connectivity index (χ0) is 14.8. The maximum atomic E-state index is 12.6. The van der Waals surface area contributed by atoms with Crippen LogP contribution >= 0.6 is 0 Å². The molecule has 2 heterocycles. The molecule has 0 atom stereocenters. The summed E-state index contributed by atoms with van der Waals surface area (Å²) < 4.78 is 5.36. The number of methoxy groups -OCH3 is 1. The molecule has 3 rings (SSSR count). The monoisotopic (exact) mass is 290 g/mol. The Kier molecular flexibility index (Phi) is 4.10. The van der Waals surface area contributed by atoms with Crippen molar-refractivity contribution in [2.45, 2.75) is 44.8 Å². The van der Waals surface area contributed by atoms with Crippen molar-refractivity contribution in [2.24, 2.45) is 5.92 Å². The first kappa shape index (κ1) is 14.3. The standard InChI is InChI=1S/C16H22N2O3/c1-21-13-5-2-11(3-6-13)16(20)18-9-8-14-12(10-18)4-7-15(19)17-14/h4,7,11,13H,2-3,5-6,8-10H2,1H3,(H,17,19). The van der Waals surface area contributed by atoms with E-state index in [0.29, 0.717) is 19.2 Å². The Morgan fingerprint density at radius 2 is 2.05 bits per heavy atom. The third-order valence-corrected chi connectivity index (χ3v) is 4.76. The predicted octanol–water partition coefficient (Wildman–Crippen LogP) is 1.46. The molecule has 5 nitrogen and oxygen atoms in total. The lowest BCUT2D eigenvalue weighted by Crippen LogP contribution is -2.42. The van der Waals surface area contributed by atoms with Crippen LogP contribution in [0.25, 0.3) is 0 Å².